The topological polar surface area (TPSA) is 52.3 Å². The van der Waals surface area contributed by atoms with E-state index in [2.05, 4.69) is 6.92 Å². The van der Waals surface area contributed by atoms with E-state index in [1.165, 1.54) is 12.8 Å². The van der Waals surface area contributed by atoms with Crippen molar-refractivity contribution in [3.8, 4) is 0 Å². The molecule has 0 aromatic rings. The maximum absolute atomic E-state index is 11.5. The van der Waals surface area contributed by atoms with E-state index in [1.807, 2.05) is 13.8 Å². The Labute approximate surface area is 99.7 Å². The second kappa shape index (κ2) is 9.79. The van der Waals surface area contributed by atoms with Gasteiger partial charge in [0.2, 0.25) is 0 Å². The number of carbonyl (C=O) groups is 1. The number of rotatable bonds is 10. The highest BCUT2D eigenvalue weighted by Gasteiger charge is 2.10. The molecule has 3 nitrogen and oxygen atoms in total. The third kappa shape index (κ3) is 8.86. The molecule has 0 aromatic heterocycles. The lowest BCUT2D eigenvalue weighted by molar-refractivity contribution is -0.125. The van der Waals surface area contributed by atoms with Gasteiger partial charge in [0.1, 0.15) is 6.61 Å². The van der Waals surface area contributed by atoms with Gasteiger partial charge >= 0.3 is 0 Å². The lowest BCUT2D eigenvalue weighted by atomic mass is 9.93. The van der Waals surface area contributed by atoms with Crippen LogP contribution in [0.4, 0.5) is 0 Å². The third-order valence-electron chi connectivity index (χ3n) is 2.68. The molecule has 0 fully saturated rings. The zero-order chi connectivity index (χ0) is 12.4. The summed E-state index contributed by atoms with van der Waals surface area (Å²) in [5, 5.41) is 0. The molecule has 1 atom stereocenters. The summed E-state index contributed by atoms with van der Waals surface area (Å²) in [6, 6.07) is 0. The molecular formula is C13H27NO2. The van der Waals surface area contributed by atoms with Crippen molar-refractivity contribution < 1.29 is 9.53 Å². The van der Waals surface area contributed by atoms with E-state index in [9.17, 15) is 4.79 Å². The fourth-order valence-corrected chi connectivity index (χ4v) is 1.77. The summed E-state index contributed by atoms with van der Waals surface area (Å²) in [6.07, 6.45) is 5.12. The van der Waals surface area contributed by atoms with Crippen LogP contribution in [0.1, 0.15) is 52.9 Å². The van der Waals surface area contributed by atoms with Gasteiger partial charge in [0.05, 0.1) is 6.10 Å². The number of hydrogen-bond acceptors (Lipinski definition) is 3. The van der Waals surface area contributed by atoms with E-state index in [0.29, 0.717) is 12.3 Å². The van der Waals surface area contributed by atoms with Gasteiger partial charge in [0, 0.05) is 6.42 Å². The molecule has 16 heavy (non-hydrogen) atoms. The highest BCUT2D eigenvalue weighted by atomic mass is 16.5. The second-order valence-electron chi connectivity index (χ2n) is 4.67. The van der Waals surface area contributed by atoms with Crippen LogP contribution >= 0.6 is 0 Å². The molecule has 96 valence electrons. The highest BCUT2D eigenvalue weighted by Crippen LogP contribution is 2.17. The van der Waals surface area contributed by atoms with Gasteiger partial charge in [-0.15, -0.1) is 0 Å². The lowest BCUT2D eigenvalue weighted by Gasteiger charge is -2.14. The van der Waals surface area contributed by atoms with Crippen molar-refractivity contribution in [1.82, 2.24) is 0 Å². The van der Waals surface area contributed by atoms with Crippen LogP contribution in [0.5, 0.6) is 0 Å². The van der Waals surface area contributed by atoms with Crippen molar-refractivity contribution >= 4 is 5.78 Å². The molecule has 3 heteroatoms. The first kappa shape index (κ1) is 15.6. The summed E-state index contributed by atoms with van der Waals surface area (Å²) < 4.78 is 5.28. The summed E-state index contributed by atoms with van der Waals surface area (Å²) in [7, 11) is 0. The highest BCUT2D eigenvalue weighted by molar-refractivity contribution is 5.79. The molecule has 0 saturated carbocycles. The van der Waals surface area contributed by atoms with Gasteiger partial charge in [0.25, 0.3) is 0 Å². The Balaban J connectivity index is 3.68. The zero-order valence-corrected chi connectivity index (χ0v) is 11.0. The zero-order valence-electron chi connectivity index (χ0n) is 11.0. The van der Waals surface area contributed by atoms with E-state index in [4.69, 9.17) is 10.5 Å². The predicted octanol–water partition coefficient (Wildman–Crippen LogP) is 2.53. The summed E-state index contributed by atoms with van der Waals surface area (Å²) >= 11 is 0. The molecule has 0 aliphatic heterocycles. The molecule has 0 spiro atoms. The number of hydrogen-bond donors (Lipinski definition) is 1. The number of nitrogens with two attached hydrogens (primary N) is 1. The van der Waals surface area contributed by atoms with Crippen molar-refractivity contribution in [3.63, 3.8) is 0 Å². The Morgan fingerprint density at radius 2 is 1.94 bits per heavy atom. The van der Waals surface area contributed by atoms with Crippen LogP contribution in [0.15, 0.2) is 0 Å². The van der Waals surface area contributed by atoms with Gasteiger partial charge in [-0.1, -0.05) is 19.8 Å². The van der Waals surface area contributed by atoms with E-state index < -0.39 is 0 Å². The Morgan fingerprint density at radius 3 is 2.44 bits per heavy atom. The molecule has 0 aliphatic carbocycles. The first-order chi connectivity index (χ1) is 7.60. The van der Waals surface area contributed by atoms with E-state index >= 15 is 0 Å². The molecule has 0 saturated heterocycles. The van der Waals surface area contributed by atoms with Gasteiger partial charge in [-0.2, -0.15) is 0 Å². The van der Waals surface area contributed by atoms with Crippen LogP contribution in [0.25, 0.3) is 0 Å². The number of Topliss-reactive ketones (excluding diaryl/α,β-unsaturated/α-hetero) is 1. The normalized spacial score (nSPS) is 13.1. The minimum Gasteiger partial charge on any atom is -0.371 e. The van der Waals surface area contributed by atoms with Crippen molar-refractivity contribution in [2.24, 2.45) is 11.7 Å². The van der Waals surface area contributed by atoms with Gasteiger partial charge in [0.15, 0.2) is 5.78 Å². The molecule has 2 N–H and O–H groups in total. The Hall–Kier alpha value is -0.410. The minimum atomic E-state index is 0.138. The van der Waals surface area contributed by atoms with Crippen LogP contribution in [0.3, 0.4) is 0 Å². The van der Waals surface area contributed by atoms with Crippen molar-refractivity contribution in [1.29, 1.82) is 0 Å². The molecular weight excluding hydrogens is 202 g/mol. The second-order valence-corrected chi connectivity index (χ2v) is 4.67. The molecule has 0 heterocycles. The van der Waals surface area contributed by atoms with Crippen molar-refractivity contribution in [2.75, 3.05) is 13.2 Å². The van der Waals surface area contributed by atoms with Crippen LogP contribution in [0, 0.1) is 5.92 Å². The minimum absolute atomic E-state index is 0.138. The maximum atomic E-state index is 11.5. The monoisotopic (exact) mass is 229 g/mol. The van der Waals surface area contributed by atoms with Crippen LogP contribution in [-0.4, -0.2) is 25.0 Å². The van der Waals surface area contributed by atoms with Crippen molar-refractivity contribution in [3.05, 3.63) is 0 Å². The van der Waals surface area contributed by atoms with E-state index in [1.54, 1.807) is 0 Å². The quantitative estimate of drug-likeness (QED) is 0.626. The van der Waals surface area contributed by atoms with Crippen LogP contribution < -0.4 is 5.73 Å². The summed E-state index contributed by atoms with van der Waals surface area (Å²) in [6.45, 7) is 7.05. The Morgan fingerprint density at radius 1 is 1.25 bits per heavy atom. The third-order valence-corrected chi connectivity index (χ3v) is 2.68. The van der Waals surface area contributed by atoms with Gasteiger partial charge < -0.3 is 10.5 Å². The van der Waals surface area contributed by atoms with E-state index in [0.717, 1.165) is 19.4 Å². The van der Waals surface area contributed by atoms with Gasteiger partial charge in [-0.25, -0.2) is 0 Å². The summed E-state index contributed by atoms with van der Waals surface area (Å²) in [5.41, 5.74) is 5.55. The van der Waals surface area contributed by atoms with Crippen LogP contribution in [-0.2, 0) is 9.53 Å². The van der Waals surface area contributed by atoms with Crippen LogP contribution in [0.2, 0.25) is 0 Å². The molecule has 0 rings (SSSR count). The smallest absolute Gasteiger partial charge is 0.158 e. The molecule has 0 aromatic carbocycles. The number of ketones is 1. The average Bonchev–Trinajstić information content (AvgIpc) is 2.23. The fraction of sp³-hybridized carbons (Fsp3) is 0.923. The SMILES string of the molecule is CCCC(CCN)CCC(=O)COC(C)C. The van der Waals surface area contributed by atoms with E-state index in [-0.39, 0.29) is 18.5 Å². The largest absolute Gasteiger partial charge is 0.371 e. The Bertz CT molecular complexity index is 175. The van der Waals surface area contributed by atoms with Crippen molar-refractivity contribution in [2.45, 2.75) is 59.0 Å². The van der Waals surface area contributed by atoms with Gasteiger partial charge in [-0.3, -0.25) is 4.79 Å². The lowest BCUT2D eigenvalue weighted by Crippen LogP contribution is -2.15. The molecule has 0 bridgehead atoms. The van der Waals surface area contributed by atoms with Gasteiger partial charge in [-0.05, 0) is 39.2 Å². The molecule has 1 unspecified atom stereocenters. The average molecular weight is 229 g/mol. The maximum Gasteiger partial charge on any atom is 0.158 e. The number of carbonyl (C=O) groups excluding carboxylic acids is 1. The molecule has 0 radical (unpaired) electrons. The first-order valence-corrected chi connectivity index (χ1v) is 6.43. The standard InChI is InChI=1S/C13H27NO2/c1-4-5-12(8-9-14)6-7-13(15)10-16-11(2)3/h11-12H,4-10,14H2,1-3H3. The molecule has 0 amide bonds. The fourth-order valence-electron chi connectivity index (χ4n) is 1.77. The summed E-state index contributed by atoms with van der Waals surface area (Å²) in [5.74, 6) is 0.824. The first-order valence-electron chi connectivity index (χ1n) is 6.43. The number of ether oxygens (including phenoxy) is 1. The predicted molar refractivity (Wildman–Crippen MR) is 67.4 cm³/mol. The Kier molecular flexibility index (Phi) is 9.54. The summed E-state index contributed by atoms with van der Waals surface area (Å²) in [4.78, 5) is 11.5. The molecule has 0 aliphatic rings.